The van der Waals surface area contributed by atoms with Gasteiger partial charge < -0.3 is 9.84 Å². The predicted octanol–water partition coefficient (Wildman–Crippen LogP) is 3.59. The highest BCUT2D eigenvalue weighted by atomic mass is 35.5. The van der Waals surface area contributed by atoms with Crippen molar-refractivity contribution in [1.29, 1.82) is 0 Å². The molecule has 0 amide bonds. The molecule has 0 atom stereocenters. The lowest BCUT2D eigenvalue weighted by Crippen LogP contribution is -2.48. The van der Waals surface area contributed by atoms with Gasteiger partial charge in [-0.2, -0.15) is 4.31 Å². The Morgan fingerprint density at radius 3 is 2.50 bits per heavy atom. The van der Waals surface area contributed by atoms with Gasteiger partial charge in [0.1, 0.15) is 5.75 Å². The number of sulfonamides is 1. The lowest BCUT2D eigenvalue weighted by atomic mass is 9.95. The van der Waals surface area contributed by atoms with Crippen molar-refractivity contribution in [3.8, 4) is 16.9 Å². The van der Waals surface area contributed by atoms with Crippen LogP contribution in [0.4, 0.5) is 4.39 Å². The molecule has 1 aliphatic rings. The Bertz CT molecular complexity index is 1000. The molecule has 0 aromatic heterocycles. The third-order valence-electron chi connectivity index (χ3n) is 4.84. The summed E-state index contributed by atoms with van der Waals surface area (Å²) in [6.07, 6.45) is -0.798. The Morgan fingerprint density at radius 2 is 1.89 bits per heavy atom. The van der Waals surface area contributed by atoms with E-state index >= 15 is 0 Å². The minimum atomic E-state index is -3.98. The fraction of sp³-hybridized carbons (Fsp3) is 0.316. The number of hydrogen-bond acceptors (Lipinski definition) is 4. The highest BCUT2D eigenvalue weighted by molar-refractivity contribution is 7.89. The Hall–Kier alpha value is -2.16. The third kappa shape index (κ3) is 3.85. The Balaban J connectivity index is 2.00. The predicted molar refractivity (Wildman–Crippen MR) is 103 cm³/mol. The topological polar surface area (TPSA) is 83.9 Å². The summed E-state index contributed by atoms with van der Waals surface area (Å²) in [7, 11) is -2.47. The van der Waals surface area contributed by atoms with Crippen LogP contribution in [0, 0.1) is 0 Å². The van der Waals surface area contributed by atoms with Gasteiger partial charge in [0, 0.05) is 36.5 Å². The molecule has 28 heavy (non-hydrogen) atoms. The van der Waals surface area contributed by atoms with Crippen LogP contribution in [-0.2, 0) is 14.8 Å². The molecule has 1 heterocycles. The molecule has 150 valence electrons. The molecule has 0 saturated carbocycles. The zero-order chi connectivity index (χ0) is 20.5. The number of alkyl halides is 1. The molecule has 3 rings (SSSR count). The summed E-state index contributed by atoms with van der Waals surface area (Å²) in [6, 6.07) is 11.3. The average molecular weight is 428 g/mol. The Kier molecular flexibility index (Phi) is 5.65. The Labute approximate surface area is 167 Å². The van der Waals surface area contributed by atoms with Crippen LogP contribution in [0.25, 0.3) is 11.1 Å². The monoisotopic (exact) mass is 427 g/mol. The second-order valence-corrected chi connectivity index (χ2v) is 8.89. The van der Waals surface area contributed by atoms with Gasteiger partial charge in [0.05, 0.1) is 12.0 Å². The van der Waals surface area contributed by atoms with Crippen LogP contribution in [0.5, 0.6) is 5.75 Å². The first-order valence-corrected chi connectivity index (χ1v) is 10.4. The van der Waals surface area contributed by atoms with Crippen LogP contribution in [0.3, 0.4) is 0 Å². The summed E-state index contributed by atoms with van der Waals surface area (Å²) in [5, 5.41) is 9.37. The number of ether oxygens (including phenoxy) is 1. The Morgan fingerprint density at radius 1 is 1.21 bits per heavy atom. The maximum Gasteiger partial charge on any atom is 0.341 e. The zero-order valence-corrected chi connectivity index (χ0v) is 16.6. The summed E-state index contributed by atoms with van der Waals surface area (Å²) < 4.78 is 47.0. The number of carboxylic acids is 1. The number of rotatable bonds is 5. The van der Waals surface area contributed by atoms with E-state index in [1.807, 2.05) is 0 Å². The third-order valence-corrected chi connectivity index (χ3v) is 7.03. The standard InChI is InChI=1S/C19H19ClFNO5S/c1-27-15-4-2-3-13(11-15)16-12-14(20)5-6-17(16)28(25,26)22-9-7-19(21,8-10-22)18(23)24/h2-6,11-12H,7-10H2,1H3,(H,23,24). The lowest BCUT2D eigenvalue weighted by molar-refractivity contribution is -0.153. The minimum absolute atomic E-state index is 0.0202. The smallest absolute Gasteiger partial charge is 0.341 e. The van der Waals surface area contributed by atoms with E-state index in [1.54, 1.807) is 30.3 Å². The van der Waals surface area contributed by atoms with Crippen molar-refractivity contribution in [1.82, 2.24) is 4.31 Å². The van der Waals surface area contributed by atoms with Gasteiger partial charge in [-0.05, 0) is 35.9 Å². The molecule has 1 N–H and O–H groups in total. The van der Waals surface area contributed by atoms with Crippen molar-refractivity contribution in [2.75, 3.05) is 20.2 Å². The molecular formula is C19H19ClFNO5S. The molecule has 9 heteroatoms. The molecule has 1 saturated heterocycles. The fourth-order valence-electron chi connectivity index (χ4n) is 3.18. The van der Waals surface area contributed by atoms with Gasteiger partial charge in [0.2, 0.25) is 15.7 Å². The number of piperidine rings is 1. The van der Waals surface area contributed by atoms with Crippen LogP contribution in [0.2, 0.25) is 5.02 Å². The summed E-state index contributed by atoms with van der Waals surface area (Å²) in [5.74, 6) is -1.00. The van der Waals surface area contributed by atoms with Crippen LogP contribution in [-0.4, -0.2) is 49.7 Å². The van der Waals surface area contributed by atoms with E-state index in [-0.39, 0.29) is 18.0 Å². The first-order valence-electron chi connectivity index (χ1n) is 8.54. The number of carboxylic acid groups (broad SMARTS) is 1. The van der Waals surface area contributed by atoms with Crippen molar-refractivity contribution in [3.63, 3.8) is 0 Å². The van der Waals surface area contributed by atoms with Crippen LogP contribution in [0.15, 0.2) is 47.4 Å². The SMILES string of the molecule is COc1cccc(-c2cc(Cl)ccc2S(=O)(=O)N2CCC(F)(C(=O)O)CC2)c1. The fourth-order valence-corrected chi connectivity index (χ4v) is 4.99. The van der Waals surface area contributed by atoms with Crippen molar-refractivity contribution in [2.24, 2.45) is 0 Å². The van der Waals surface area contributed by atoms with Gasteiger partial charge >= 0.3 is 5.97 Å². The number of carbonyl (C=O) groups is 1. The maximum atomic E-state index is 14.3. The van der Waals surface area contributed by atoms with Crippen molar-refractivity contribution in [3.05, 3.63) is 47.5 Å². The molecule has 0 aliphatic carbocycles. The maximum absolute atomic E-state index is 14.3. The largest absolute Gasteiger partial charge is 0.497 e. The van der Waals surface area contributed by atoms with E-state index in [2.05, 4.69) is 0 Å². The number of nitrogens with zero attached hydrogens (tertiary/aromatic N) is 1. The molecule has 6 nitrogen and oxygen atoms in total. The first kappa shape index (κ1) is 20.6. The van der Waals surface area contributed by atoms with E-state index in [0.29, 0.717) is 21.9 Å². The number of hydrogen-bond donors (Lipinski definition) is 1. The second-order valence-electron chi connectivity index (χ2n) is 6.55. The molecule has 1 aliphatic heterocycles. The van der Waals surface area contributed by atoms with Crippen LogP contribution in [0.1, 0.15) is 12.8 Å². The van der Waals surface area contributed by atoms with Gasteiger partial charge in [-0.15, -0.1) is 0 Å². The first-order chi connectivity index (χ1) is 13.2. The number of halogens is 2. The summed E-state index contributed by atoms with van der Waals surface area (Å²) in [5.41, 5.74) is -1.41. The van der Waals surface area contributed by atoms with Crippen LogP contribution < -0.4 is 4.74 Å². The molecule has 0 bridgehead atoms. The van der Waals surface area contributed by atoms with Crippen molar-refractivity contribution in [2.45, 2.75) is 23.4 Å². The van der Waals surface area contributed by atoms with E-state index in [4.69, 9.17) is 21.4 Å². The van der Waals surface area contributed by atoms with E-state index in [1.165, 1.54) is 19.2 Å². The highest BCUT2D eigenvalue weighted by Crippen LogP contribution is 2.36. The molecule has 0 spiro atoms. The average Bonchev–Trinajstić information content (AvgIpc) is 2.68. The number of benzene rings is 2. The quantitative estimate of drug-likeness (QED) is 0.788. The van der Waals surface area contributed by atoms with Gasteiger partial charge in [0.25, 0.3) is 0 Å². The van der Waals surface area contributed by atoms with E-state index in [0.717, 1.165) is 4.31 Å². The molecule has 1 fully saturated rings. The normalized spacial score (nSPS) is 17.2. The minimum Gasteiger partial charge on any atom is -0.497 e. The van der Waals surface area contributed by atoms with E-state index < -0.39 is 34.5 Å². The zero-order valence-electron chi connectivity index (χ0n) is 15.1. The molecule has 0 radical (unpaired) electrons. The van der Waals surface area contributed by atoms with Crippen molar-refractivity contribution < 1.29 is 27.4 Å². The summed E-state index contributed by atoms with van der Waals surface area (Å²) >= 11 is 6.09. The van der Waals surface area contributed by atoms with Gasteiger partial charge in [-0.1, -0.05) is 23.7 Å². The van der Waals surface area contributed by atoms with Gasteiger partial charge in [0.15, 0.2) is 0 Å². The number of aliphatic carboxylic acids is 1. The van der Waals surface area contributed by atoms with Gasteiger partial charge in [-0.3, -0.25) is 0 Å². The summed E-state index contributed by atoms with van der Waals surface area (Å²) in [6.45, 7) is -0.434. The van der Waals surface area contributed by atoms with Crippen molar-refractivity contribution >= 4 is 27.6 Å². The molecule has 2 aromatic carbocycles. The highest BCUT2D eigenvalue weighted by Gasteiger charge is 2.44. The molecule has 2 aromatic rings. The second kappa shape index (κ2) is 7.69. The molecule has 0 unspecified atom stereocenters. The van der Waals surface area contributed by atoms with Crippen LogP contribution >= 0.6 is 11.6 Å². The van der Waals surface area contributed by atoms with Gasteiger partial charge in [-0.25, -0.2) is 17.6 Å². The molecular weight excluding hydrogens is 409 g/mol. The lowest BCUT2D eigenvalue weighted by Gasteiger charge is -2.33. The summed E-state index contributed by atoms with van der Waals surface area (Å²) in [4.78, 5) is 11.1. The van der Waals surface area contributed by atoms with E-state index in [9.17, 15) is 17.6 Å². The number of methoxy groups -OCH3 is 1.